The number of hydrogen-bond donors (Lipinski definition) is 1. The normalized spacial score (nSPS) is 15.8. The molecule has 1 aliphatic rings. The standard InChI is InChI=1S/C7H7BrN2O2.C4H2BrIN2/c8-5-1-9-6(10-2-5)7(11)3-12-4-7;5-3-1-7-4(6)8-2-3/h1-2,11H,3-4H2;1-2H. The predicted molar refractivity (Wildman–Crippen MR) is 86.9 cm³/mol. The van der Waals surface area contributed by atoms with E-state index in [1.165, 1.54) is 0 Å². The molecule has 2 aromatic rings. The molecule has 1 fully saturated rings. The summed E-state index contributed by atoms with van der Waals surface area (Å²) in [5.41, 5.74) is -0.958. The molecule has 20 heavy (non-hydrogen) atoms. The Morgan fingerprint density at radius 1 is 1.00 bits per heavy atom. The van der Waals surface area contributed by atoms with Crippen molar-refractivity contribution < 1.29 is 9.84 Å². The molecule has 1 N–H and O–H groups in total. The highest BCUT2D eigenvalue weighted by Gasteiger charge is 2.40. The summed E-state index contributed by atoms with van der Waals surface area (Å²) in [6.07, 6.45) is 6.65. The van der Waals surface area contributed by atoms with E-state index >= 15 is 0 Å². The van der Waals surface area contributed by atoms with E-state index in [-0.39, 0.29) is 13.2 Å². The van der Waals surface area contributed by atoms with Crippen LogP contribution in [0.1, 0.15) is 5.82 Å². The van der Waals surface area contributed by atoms with Crippen LogP contribution in [0.2, 0.25) is 0 Å². The zero-order valence-electron chi connectivity index (χ0n) is 10.0. The van der Waals surface area contributed by atoms with Gasteiger partial charge in [0, 0.05) is 47.4 Å². The molecule has 1 saturated heterocycles. The van der Waals surface area contributed by atoms with Gasteiger partial charge in [-0.3, -0.25) is 0 Å². The van der Waals surface area contributed by atoms with Crippen LogP contribution in [-0.2, 0) is 10.3 Å². The zero-order chi connectivity index (χ0) is 14.6. The summed E-state index contributed by atoms with van der Waals surface area (Å²) in [4.78, 5) is 15.8. The Labute approximate surface area is 145 Å². The van der Waals surface area contributed by atoms with Crippen molar-refractivity contribution in [3.05, 3.63) is 43.4 Å². The largest absolute Gasteiger partial charge is 0.377 e. The fourth-order valence-electron chi connectivity index (χ4n) is 1.27. The first kappa shape index (κ1) is 16.1. The van der Waals surface area contributed by atoms with E-state index in [0.29, 0.717) is 5.82 Å². The maximum absolute atomic E-state index is 9.71. The fourth-order valence-corrected chi connectivity index (χ4v) is 1.96. The van der Waals surface area contributed by atoms with Crippen molar-refractivity contribution in [3.63, 3.8) is 0 Å². The average molecular weight is 516 g/mol. The number of aromatic nitrogens is 4. The second kappa shape index (κ2) is 7.16. The highest BCUT2D eigenvalue weighted by molar-refractivity contribution is 14.1. The number of rotatable bonds is 1. The first-order chi connectivity index (χ1) is 9.49. The van der Waals surface area contributed by atoms with Crippen LogP contribution in [0.4, 0.5) is 0 Å². The van der Waals surface area contributed by atoms with E-state index in [1.807, 2.05) is 0 Å². The molecule has 0 unspecified atom stereocenters. The van der Waals surface area contributed by atoms with Gasteiger partial charge in [0.05, 0.1) is 22.2 Å². The minimum Gasteiger partial charge on any atom is -0.377 e. The maximum Gasteiger partial charge on any atom is 0.190 e. The minimum atomic E-state index is -0.958. The lowest BCUT2D eigenvalue weighted by Crippen LogP contribution is -2.47. The Morgan fingerprint density at radius 3 is 1.80 bits per heavy atom. The van der Waals surface area contributed by atoms with E-state index in [0.717, 1.165) is 12.8 Å². The van der Waals surface area contributed by atoms with Crippen molar-refractivity contribution >= 4 is 54.5 Å². The van der Waals surface area contributed by atoms with Crippen molar-refractivity contribution in [1.82, 2.24) is 19.9 Å². The topological polar surface area (TPSA) is 81.0 Å². The summed E-state index contributed by atoms with van der Waals surface area (Å²) in [7, 11) is 0. The van der Waals surface area contributed by atoms with Crippen LogP contribution in [0.3, 0.4) is 0 Å². The van der Waals surface area contributed by atoms with Crippen molar-refractivity contribution in [2.75, 3.05) is 13.2 Å². The van der Waals surface area contributed by atoms with Gasteiger partial charge in [-0.1, -0.05) is 0 Å². The monoisotopic (exact) mass is 514 g/mol. The van der Waals surface area contributed by atoms with E-state index < -0.39 is 5.60 Å². The molecule has 1 aliphatic heterocycles. The van der Waals surface area contributed by atoms with E-state index in [9.17, 15) is 5.11 Å². The number of hydrogen-bond acceptors (Lipinski definition) is 6. The predicted octanol–water partition coefficient (Wildman–Crippen LogP) is 2.30. The molecule has 2 aromatic heterocycles. The molecular weight excluding hydrogens is 507 g/mol. The van der Waals surface area contributed by atoms with E-state index in [1.54, 1.807) is 24.8 Å². The summed E-state index contributed by atoms with van der Waals surface area (Å²) in [5.74, 6) is 0.428. The Kier molecular flexibility index (Phi) is 5.78. The van der Waals surface area contributed by atoms with E-state index in [4.69, 9.17) is 4.74 Å². The summed E-state index contributed by atoms with van der Waals surface area (Å²) < 4.78 is 7.37. The minimum absolute atomic E-state index is 0.286. The van der Waals surface area contributed by atoms with Gasteiger partial charge in [-0.25, -0.2) is 19.9 Å². The Hall–Kier alpha value is -0.230. The molecule has 0 spiro atoms. The number of ether oxygens (including phenoxy) is 1. The Bertz CT molecular complexity index is 543. The van der Waals surface area contributed by atoms with Gasteiger partial charge in [-0.15, -0.1) is 0 Å². The lowest BCUT2D eigenvalue weighted by atomic mass is 10.0. The first-order valence-electron chi connectivity index (χ1n) is 5.41. The third-order valence-corrected chi connectivity index (χ3v) is 3.68. The third kappa shape index (κ3) is 4.38. The van der Waals surface area contributed by atoms with Crippen LogP contribution in [0.15, 0.2) is 33.7 Å². The highest BCUT2D eigenvalue weighted by atomic mass is 127. The summed E-state index contributed by atoms with van der Waals surface area (Å²) >= 11 is 8.48. The second-order valence-electron chi connectivity index (χ2n) is 3.92. The SMILES string of the molecule is Brc1cnc(I)nc1.OC1(c2ncc(Br)cn2)COC1. The summed E-state index contributed by atoms with van der Waals surface area (Å²) in [6, 6.07) is 0. The summed E-state index contributed by atoms with van der Waals surface area (Å²) in [5, 5.41) is 9.71. The Balaban J connectivity index is 0.000000160. The molecule has 3 heterocycles. The van der Waals surface area contributed by atoms with Gasteiger partial charge in [-0.2, -0.15) is 0 Å². The molecule has 0 saturated carbocycles. The van der Waals surface area contributed by atoms with Crippen molar-refractivity contribution in [2.45, 2.75) is 5.60 Å². The van der Waals surface area contributed by atoms with Crippen molar-refractivity contribution in [1.29, 1.82) is 0 Å². The smallest absolute Gasteiger partial charge is 0.190 e. The highest BCUT2D eigenvalue weighted by Crippen LogP contribution is 2.26. The van der Waals surface area contributed by atoms with Crippen LogP contribution in [-0.4, -0.2) is 38.3 Å². The van der Waals surface area contributed by atoms with Gasteiger partial charge < -0.3 is 9.84 Å². The maximum atomic E-state index is 9.71. The molecule has 0 aliphatic carbocycles. The quantitative estimate of drug-likeness (QED) is 0.464. The zero-order valence-corrected chi connectivity index (χ0v) is 15.3. The lowest BCUT2D eigenvalue weighted by Gasteiger charge is -2.34. The van der Waals surface area contributed by atoms with Crippen LogP contribution in [0, 0.1) is 3.83 Å². The van der Waals surface area contributed by atoms with Crippen LogP contribution < -0.4 is 0 Å². The molecule has 0 amide bonds. The fraction of sp³-hybridized carbons (Fsp3) is 0.273. The second-order valence-corrected chi connectivity index (χ2v) is 6.72. The van der Waals surface area contributed by atoms with Crippen LogP contribution in [0.25, 0.3) is 0 Å². The van der Waals surface area contributed by atoms with Gasteiger partial charge in [-0.05, 0) is 31.9 Å². The van der Waals surface area contributed by atoms with Crippen LogP contribution in [0.5, 0.6) is 0 Å². The Morgan fingerprint density at radius 2 is 1.45 bits per heavy atom. The summed E-state index contributed by atoms with van der Waals surface area (Å²) in [6.45, 7) is 0.573. The molecule has 9 heteroatoms. The van der Waals surface area contributed by atoms with Gasteiger partial charge >= 0.3 is 0 Å². The lowest BCUT2D eigenvalue weighted by molar-refractivity contribution is -0.189. The number of nitrogens with zero attached hydrogens (tertiary/aromatic N) is 4. The first-order valence-corrected chi connectivity index (χ1v) is 8.07. The molecule has 106 valence electrons. The van der Waals surface area contributed by atoms with Crippen molar-refractivity contribution in [2.24, 2.45) is 0 Å². The average Bonchev–Trinajstić information content (AvgIpc) is 2.41. The molecule has 0 radical (unpaired) electrons. The molecule has 0 aromatic carbocycles. The molecule has 0 bridgehead atoms. The molecular formula is C11H9Br2IN4O2. The van der Waals surface area contributed by atoms with Gasteiger partial charge in [0.25, 0.3) is 0 Å². The molecule has 0 atom stereocenters. The van der Waals surface area contributed by atoms with E-state index in [2.05, 4.69) is 74.4 Å². The third-order valence-electron chi connectivity index (χ3n) is 2.31. The molecule has 6 nitrogen and oxygen atoms in total. The van der Waals surface area contributed by atoms with Crippen LogP contribution >= 0.6 is 54.5 Å². The van der Waals surface area contributed by atoms with Gasteiger partial charge in [0.15, 0.2) is 15.3 Å². The van der Waals surface area contributed by atoms with Gasteiger partial charge in [0.1, 0.15) is 0 Å². The van der Waals surface area contributed by atoms with Crippen molar-refractivity contribution in [3.8, 4) is 0 Å². The number of aliphatic hydroxyl groups is 1. The van der Waals surface area contributed by atoms with Gasteiger partial charge in [0.2, 0.25) is 0 Å². The molecule has 3 rings (SSSR count). The number of halogens is 3.